The van der Waals surface area contributed by atoms with Crippen LogP contribution in [0.2, 0.25) is 0 Å². The molecule has 2 atom stereocenters. The molecule has 2 unspecified atom stereocenters. The fourth-order valence-electron chi connectivity index (χ4n) is 2.79. The van der Waals surface area contributed by atoms with E-state index in [1.54, 1.807) is 0 Å². The van der Waals surface area contributed by atoms with Gasteiger partial charge in [-0.3, -0.25) is 4.79 Å². The smallest absolute Gasteiger partial charge is 0.320 e. The number of methoxy groups -OCH3 is 1. The second-order valence-electron chi connectivity index (χ2n) is 6.39. The number of carbonyl (C=O) groups excluding carboxylic acids is 1. The highest BCUT2D eigenvalue weighted by atomic mass is 32.2. The van der Waals surface area contributed by atoms with E-state index in [0.29, 0.717) is 6.42 Å². The van der Waals surface area contributed by atoms with Gasteiger partial charge in [0.05, 0.1) is 12.4 Å². The van der Waals surface area contributed by atoms with Gasteiger partial charge in [-0.1, -0.05) is 20.8 Å². The van der Waals surface area contributed by atoms with Crippen molar-refractivity contribution in [2.24, 2.45) is 5.41 Å². The first-order valence-corrected chi connectivity index (χ1v) is 8.95. The Morgan fingerprint density at radius 1 is 1.40 bits per heavy atom. The summed E-state index contributed by atoms with van der Waals surface area (Å²) in [4.78, 5) is 11.3. The fraction of sp³-hybridized carbons (Fsp3) is 0.929. The molecule has 0 aromatic rings. The maximum absolute atomic E-state index is 12.5. The van der Waals surface area contributed by atoms with E-state index in [9.17, 15) is 13.2 Å². The van der Waals surface area contributed by atoms with Gasteiger partial charge in [0.1, 0.15) is 5.75 Å². The van der Waals surface area contributed by atoms with Crippen LogP contribution in [-0.2, 0) is 19.4 Å². The molecule has 0 heterocycles. The second kappa shape index (κ2) is 6.89. The topological polar surface area (TPSA) is 72.5 Å². The first-order valence-electron chi connectivity index (χ1n) is 7.23. The average molecular weight is 305 g/mol. The van der Waals surface area contributed by atoms with E-state index in [0.717, 1.165) is 25.8 Å². The summed E-state index contributed by atoms with van der Waals surface area (Å²) in [7, 11) is -2.26. The number of nitrogens with one attached hydrogen (secondary N) is 1. The molecule has 0 radical (unpaired) electrons. The van der Waals surface area contributed by atoms with Gasteiger partial charge in [0.2, 0.25) is 0 Å². The Kier molecular flexibility index (Phi) is 6.01. The van der Waals surface area contributed by atoms with Crippen LogP contribution >= 0.6 is 0 Å². The van der Waals surface area contributed by atoms with Crippen LogP contribution in [0.1, 0.15) is 46.5 Å². The number of esters is 1. The monoisotopic (exact) mass is 305 g/mol. The Labute approximate surface area is 122 Å². The molecule has 118 valence electrons. The summed E-state index contributed by atoms with van der Waals surface area (Å²) < 4.78 is 29.5. The highest BCUT2D eigenvalue weighted by Gasteiger charge is 2.42. The van der Waals surface area contributed by atoms with Crippen LogP contribution in [0.5, 0.6) is 0 Å². The van der Waals surface area contributed by atoms with Crippen molar-refractivity contribution in [3.63, 3.8) is 0 Å². The van der Waals surface area contributed by atoms with Crippen molar-refractivity contribution in [2.45, 2.75) is 57.7 Å². The zero-order chi connectivity index (χ0) is 15.4. The van der Waals surface area contributed by atoms with Crippen LogP contribution in [0.3, 0.4) is 0 Å². The van der Waals surface area contributed by atoms with E-state index in [2.05, 4.69) is 30.8 Å². The Bertz CT molecular complexity index is 430. The molecule has 1 fully saturated rings. The molecule has 0 saturated heterocycles. The second-order valence-corrected chi connectivity index (χ2v) is 8.61. The lowest BCUT2D eigenvalue weighted by atomic mass is 9.75. The number of carbonyl (C=O) groups is 1. The minimum atomic E-state index is -3.48. The number of hydrogen-bond acceptors (Lipinski definition) is 5. The molecule has 6 heteroatoms. The van der Waals surface area contributed by atoms with E-state index >= 15 is 0 Å². The molecule has 0 aromatic carbocycles. The van der Waals surface area contributed by atoms with Crippen molar-refractivity contribution in [3.05, 3.63) is 0 Å². The Morgan fingerprint density at radius 3 is 2.60 bits per heavy atom. The zero-order valence-corrected chi connectivity index (χ0v) is 13.8. The van der Waals surface area contributed by atoms with Crippen molar-refractivity contribution < 1.29 is 17.9 Å². The number of sulfone groups is 1. The van der Waals surface area contributed by atoms with Crippen LogP contribution in [0, 0.1) is 5.41 Å². The SMILES string of the molecule is CCCNC1CCC(C)(C)CC1S(=O)(=O)CC(=O)OC. The highest BCUT2D eigenvalue weighted by Crippen LogP contribution is 2.38. The molecular weight excluding hydrogens is 278 g/mol. The van der Waals surface area contributed by atoms with Crippen molar-refractivity contribution >= 4 is 15.8 Å². The quantitative estimate of drug-likeness (QED) is 0.753. The molecule has 0 aliphatic heterocycles. The summed E-state index contributed by atoms with van der Waals surface area (Å²) in [5, 5.41) is 2.82. The summed E-state index contributed by atoms with van der Waals surface area (Å²) in [5.41, 5.74) is -0.00174. The van der Waals surface area contributed by atoms with Crippen molar-refractivity contribution in [1.29, 1.82) is 0 Å². The zero-order valence-electron chi connectivity index (χ0n) is 12.9. The first kappa shape index (κ1) is 17.4. The Balaban J connectivity index is 2.90. The van der Waals surface area contributed by atoms with Crippen LogP contribution in [0.25, 0.3) is 0 Å². The van der Waals surface area contributed by atoms with Gasteiger partial charge in [-0.2, -0.15) is 0 Å². The fourth-order valence-corrected chi connectivity index (χ4v) is 4.89. The molecule has 1 aliphatic rings. The molecule has 5 nitrogen and oxygen atoms in total. The van der Waals surface area contributed by atoms with Gasteiger partial charge in [0.25, 0.3) is 0 Å². The normalized spacial score (nSPS) is 26.2. The van der Waals surface area contributed by atoms with Crippen LogP contribution < -0.4 is 5.32 Å². The van der Waals surface area contributed by atoms with E-state index in [1.165, 1.54) is 7.11 Å². The molecule has 20 heavy (non-hydrogen) atoms. The van der Waals surface area contributed by atoms with E-state index < -0.39 is 26.8 Å². The van der Waals surface area contributed by atoms with Crippen LogP contribution in [0.15, 0.2) is 0 Å². The predicted octanol–water partition coefficient (Wildman–Crippen LogP) is 1.52. The highest BCUT2D eigenvalue weighted by molar-refractivity contribution is 7.92. The average Bonchev–Trinajstić information content (AvgIpc) is 2.36. The third-order valence-electron chi connectivity index (χ3n) is 4.00. The molecule has 1 rings (SSSR count). The Morgan fingerprint density at radius 2 is 2.05 bits per heavy atom. The molecule has 0 bridgehead atoms. The molecule has 1 saturated carbocycles. The predicted molar refractivity (Wildman–Crippen MR) is 79.3 cm³/mol. The van der Waals surface area contributed by atoms with E-state index in [4.69, 9.17) is 0 Å². The molecule has 1 N–H and O–H groups in total. The molecular formula is C14H27NO4S. The minimum Gasteiger partial charge on any atom is -0.468 e. The Hall–Kier alpha value is -0.620. The van der Waals surface area contributed by atoms with Crippen molar-refractivity contribution in [2.75, 3.05) is 19.4 Å². The molecule has 1 aliphatic carbocycles. The number of ether oxygens (including phenoxy) is 1. The van der Waals surface area contributed by atoms with Crippen molar-refractivity contribution in [3.8, 4) is 0 Å². The van der Waals surface area contributed by atoms with Gasteiger partial charge in [0, 0.05) is 6.04 Å². The molecule has 0 spiro atoms. The first-order chi connectivity index (χ1) is 9.22. The summed E-state index contributed by atoms with van der Waals surface area (Å²) in [5.74, 6) is -1.20. The summed E-state index contributed by atoms with van der Waals surface area (Å²) in [6, 6.07) is -0.0577. The van der Waals surface area contributed by atoms with Crippen LogP contribution in [-0.4, -0.2) is 45.1 Å². The minimum absolute atomic E-state index is 0.00174. The lowest BCUT2D eigenvalue weighted by molar-refractivity contribution is -0.137. The van der Waals surface area contributed by atoms with Crippen LogP contribution in [0.4, 0.5) is 0 Å². The van der Waals surface area contributed by atoms with Crippen molar-refractivity contribution in [1.82, 2.24) is 5.32 Å². The van der Waals surface area contributed by atoms with E-state index in [1.807, 2.05) is 0 Å². The van der Waals surface area contributed by atoms with Gasteiger partial charge in [-0.25, -0.2) is 8.42 Å². The van der Waals surface area contributed by atoms with Gasteiger partial charge in [0.15, 0.2) is 9.84 Å². The van der Waals surface area contributed by atoms with Gasteiger partial charge < -0.3 is 10.1 Å². The third kappa shape index (κ3) is 4.74. The summed E-state index contributed by atoms with van der Waals surface area (Å²) in [6.45, 7) is 7.03. The summed E-state index contributed by atoms with van der Waals surface area (Å²) >= 11 is 0. The maximum atomic E-state index is 12.5. The lowest BCUT2D eigenvalue weighted by Crippen LogP contribution is -2.51. The maximum Gasteiger partial charge on any atom is 0.320 e. The third-order valence-corrected chi connectivity index (χ3v) is 6.05. The van der Waals surface area contributed by atoms with Gasteiger partial charge >= 0.3 is 5.97 Å². The largest absolute Gasteiger partial charge is 0.468 e. The lowest BCUT2D eigenvalue weighted by Gasteiger charge is -2.40. The standard InChI is InChI=1S/C14H27NO4S/c1-5-8-15-11-6-7-14(2,3)9-12(11)20(17,18)10-13(16)19-4/h11-12,15H,5-10H2,1-4H3. The number of rotatable bonds is 6. The van der Waals surface area contributed by atoms with Gasteiger partial charge in [-0.15, -0.1) is 0 Å². The number of hydrogen-bond donors (Lipinski definition) is 1. The van der Waals surface area contributed by atoms with Gasteiger partial charge in [-0.05, 0) is 37.6 Å². The molecule has 0 aromatic heterocycles. The van der Waals surface area contributed by atoms with E-state index in [-0.39, 0.29) is 11.5 Å². The molecule has 0 amide bonds. The summed E-state index contributed by atoms with van der Waals surface area (Å²) in [6.07, 6.45) is 3.38.